The lowest BCUT2D eigenvalue weighted by atomic mass is 10.3. The molecule has 2 aromatic rings. The second-order valence-corrected chi connectivity index (χ2v) is 7.08. The number of sulfonamides is 1. The van der Waals surface area contributed by atoms with E-state index in [0.717, 1.165) is 11.4 Å². The van der Waals surface area contributed by atoms with Gasteiger partial charge in [-0.15, -0.1) is 11.3 Å². The number of aromatic nitrogens is 2. The van der Waals surface area contributed by atoms with E-state index in [1.807, 2.05) is 5.38 Å². The van der Waals surface area contributed by atoms with E-state index in [1.165, 1.54) is 11.3 Å². The summed E-state index contributed by atoms with van der Waals surface area (Å²) in [5.41, 5.74) is 6.33. The van der Waals surface area contributed by atoms with Gasteiger partial charge in [-0.3, -0.25) is 0 Å². The molecule has 20 heavy (non-hydrogen) atoms. The summed E-state index contributed by atoms with van der Waals surface area (Å²) in [5, 5.41) is 1.82. The zero-order valence-electron chi connectivity index (χ0n) is 11.2. The van der Waals surface area contributed by atoms with Crippen molar-refractivity contribution in [1.29, 1.82) is 0 Å². The minimum absolute atomic E-state index is 0.237. The molecule has 2 heterocycles. The van der Waals surface area contributed by atoms with Gasteiger partial charge in [0.1, 0.15) is 10.7 Å². The average Bonchev–Trinajstić information content (AvgIpc) is 3.03. The molecule has 2 aromatic heterocycles. The third-order valence-corrected chi connectivity index (χ3v) is 5.83. The predicted octanol–water partition coefficient (Wildman–Crippen LogP) is 1.15. The van der Waals surface area contributed by atoms with Crippen LogP contribution in [0.5, 0.6) is 0 Å². The van der Waals surface area contributed by atoms with Crippen LogP contribution in [0, 0.1) is 6.92 Å². The molecule has 4 N–H and O–H groups in total. The number of H-pyrrole nitrogens is 1. The smallest absolute Gasteiger partial charge is 0.241 e. The number of aryl methyl sites for hydroxylation is 2. The molecular weight excluding hydrogens is 296 g/mol. The molecular formula is C12H18N4O2S2. The van der Waals surface area contributed by atoms with Gasteiger partial charge in [-0.2, -0.15) is 0 Å². The maximum Gasteiger partial charge on any atom is 0.241 e. The fraction of sp³-hybridized carbons (Fsp3) is 0.417. The van der Waals surface area contributed by atoms with Crippen molar-refractivity contribution < 1.29 is 8.42 Å². The zero-order valence-corrected chi connectivity index (χ0v) is 12.9. The SMILES string of the molecule is Cc1csc(CN)c1S(=O)(=O)NCCCc1ncc[nH]1. The maximum absolute atomic E-state index is 12.3. The average molecular weight is 314 g/mol. The predicted molar refractivity (Wildman–Crippen MR) is 79.0 cm³/mol. The number of hydrogen-bond acceptors (Lipinski definition) is 5. The highest BCUT2D eigenvalue weighted by atomic mass is 32.2. The van der Waals surface area contributed by atoms with Gasteiger partial charge in [0.15, 0.2) is 0 Å². The Bertz CT molecular complexity index is 647. The Morgan fingerprint density at radius 3 is 2.95 bits per heavy atom. The fourth-order valence-corrected chi connectivity index (χ4v) is 4.73. The van der Waals surface area contributed by atoms with E-state index in [4.69, 9.17) is 5.73 Å². The highest BCUT2D eigenvalue weighted by molar-refractivity contribution is 7.89. The van der Waals surface area contributed by atoms with E-state index in [0.29, 0.717) is 29.2 Å². The Kier molecular flexibility index (Phi) is 4.92. The second-order valence-electron chi connectivity index (χ2n) is 4.41. The van der Waals surface area contributed by atoms with Crippen molar-refractivity contribution in [3.05, 3.63) is 34.0 Å². The van der Waals surface area contributed by atoms with Crippen molar-refractivity contribution >= 4 is 21.4 Å². The summed E-state index contributed by atoms with van der Waals surface area (Å²) in [6.07, 6.45) is 4.83. The molecule has 0 saturated heterocycles. The van der Waals surface area contributed by atoms with Crippen LogP contribution in [0.3, 0.4) is 0 Å². The molecule has 0 unspecified atom stereocenters. The molecule has 0 aliphatic heterocycles. The van der Waals surface area contributed by atoms with Crippen molar-refractivity contribution in [1.82, 2.24) is 14.7 Å². The number of nitrogens with zero attached hydrogens (tertiary/aromatic N) is 1. The third-order valence-electron chi connectivity index (χ3n) is 2.88. The maximum atomic E-state index is 12.3. The monoisotopic (exact) mass is 314 g/mol. The fourth-order valence-electron chi connectivity index (χ4n) is 1.96. The normalized spacial score (nSPS) is 11.9. The van der Waals surface area contributed by atoms with E-state index >= 15 is 0 Å². The summed E-state index contributed by atoms with van der Waals surface area (Å²) >= 11 is 1.38. The van der Waals surface area contributed by atoms with E-state index in [-0.39, 0.29) is 6.54 Å². The standard InChI is InChI=1S/C12H18N4O2S2/c1-9-8-19-10(7-13)12(9)20(17,18)16-4-2-3-11-14-5-6-15-11/h5-6,8,16H,2-4,7,13H2,1H3,(H,14,15). The van der Waals surface area contributed by atoms with E-state index in [1.54, 1.807) is 19.3 Å². The van der Waals surface area contributed by atoms with Gasteiger partial charge in [-0.25, -0.2) is 18.1 Å². The van der Waals surface area contributed by atoms with Crippen LogP contribution in [0.2, 0.25) is 0 Å². The van der Waals surface area contributed by atoms with Gasteiger partial charge >= 0.3 is 0 Å². The first-order chi connectivity index (χ1) is 9.54. The third kappa shape index (κ3) is 3.45. The van der Waals surface area contributed by atoms with Crippen LogP contribution in [0.25, 0.3) is 0 Å². The van der Waals surface area contributed by atoms with Crippen LogP contribution < -0.4 is 10.5 Å². The van der Waals surface area contributed by atoms with Crippen LogP contribution in [0.15, 0.2) is 22.7 Å². The first kappa shape index (κ1) is 15.2. The number of imidazole rings is 1. The van der Waals surface area contributed by atoms with Crippen LogP contribution in [-0.4, -0.2) is 24.9 Å². The molecule has 0 aliphatic rings. The van der Waals surface area contributed by atoms with Crippen LogP contribution in [0.1, 0.15) is 22.7 Å². The summed E-state index contributed by atoms with van der Waals surface area (Å²) in [7, 11) is -3.48. The molecule has 0 aromatic carbocycles. The van der Waals surface area contributed by atoms with Gasteiger partial charge in [0, 0.05) is 36.8 Å². The zero-order chi connectivity index (χ0) is 14.6. The van der Waals surface area contributed by atoms with Gasteiger partial charge in [0.05, 0.1) is 0 Å². The van der Waals surface area contributed by atoms with Gasteiger partial charge in [-0.05, 0) is 24.3 Å². The van der Waals surface area contributed by atoms with Crippen LogP contribution in [0.4, 0.5) is 0 Å². The molecule has 0 spiro atoms. The summed E-state index contributed by atoms with van der Waals surface area (Å²) in [5.74, 6) is 0.860. The highest BCUT2D eigenvalue weighted by Gasteiger charge is 2.21. The lowest BCUT2D eigenvalue weighted by Crippen LogP contribution is -2.26. The topological polar surface area (TPSA) is 101 Å². The molecule has 8 heteroatoms. The van der Waals surface area contributed by atoms with Crippen molar-refractivity contribution in [3.63, 3.8) is 0 Å². The lowest BCUT2D eigenvalue weighted by molar-refractivity contribution is 0.577. The molecule has 0 saturated carbocycles. The molecule has 6 nitrogen and oxygen atoms in total. The first-order valence-electron chi connectivity index (χ1n) is 6.29. The Labute approximate surface area is 122 Å². The van der Waals surface area contributed by atoms with Crippen LogP contribution >= 0.6 is 11.3 Å². The molecule has 0 aliphatic carbocycles. The summed E-state index contributed by atoms with van der Waals surface area (Å²) in [4.78, 5) is 8.11. The quantitative estimate of drug-likeness (QED) is 0.667. The summed E-state index contributed by atoms with van der Waals surface area (Å²) in [6, 6.07) is 0. The number of rotatable bonds is 7. The summed E-state index contributed by atoms with van der Waals surface area (Å²) < 4.78 is 27.2. The Hall–Kier alpha value is -1.22. The van der Waals surface area contributed by atoms with Crippen molar-refractivity contribution in [3.8, 4) is 0 Å². The van der Waals surface area contributed by atoms with Gasteiger partial charge in [0.25, 0.3) is 0 Å². The molecule has 2 rings (SSSR count). The molecule has 0 radical (unpaired) electrons. The Morgan fingerprint density at radius 1 is 1.50 bits per heavy atom. The number of nitrogens with one attached hydrogen (secondary N) is 2. The molecule has 0 atom stereocenters. The number of nitrogens with two attached hydrogens (primary N) is 1. The van der Waals surface area contributed by atoms with Gasteiger partial charge in [-0.1, -0.05) is 0 Å². The Morgan fingerprint density at radius 2 is 2.30 bits per heavy atom. The number of hydrogen-bond donors (Lipinski definition) is 3. The molecule has 0 fully saturated rings. The van der Waals surface area contributed by atoms with Gasteiger partial charge < -0.3 is 10.7 Å². The van der Waals surface area contributed by atoms with E-state index in [9.17, 15) is 8.42 Å². The first-order valence-corrected chi connectivity index (χ1v) is 8.66. The largest absolute Gasteiger partial charge is 0.349 e. The number of aromatic amines is 1. The van der Waals surface area contributed by atoms with Crippen molar-refractivity contribution in [2.45, 2.75) is 31.2 Å². The van der Waals surface area contributed by atoms with Crippen molar-refractivity contribution in [2.75, 3.05) is 6.54 Å². The molecule has 0 bridgehead atoms. The molecule has 0 amide bonds. The van der Waals surface area contributed by atoms with Crippen LogP contribution in [-0.2, 0) is 23.0 Å². The minimum atomic E-state index is -3.48. The number of thiophene rings is 1. The highest BCUT2D eigenvalue weighted by Crippen LogP contribution is 2.26. The Balaban J connectivity index is 1.95. The van der Waals surface area contributed by atoms with Gasteiger partial charge in [0.2, 0.25) is 10.0 Å². The second kappa shape index (κ2) is 6.49. The van der Waals surface area contributed by atoms with E-state index < -0.39 is 10.0 Å². The summed E-state index contributed by atoms with van der Waals surface area (Å²) in [6.45, 7) is 2.40. The van der Waals surface area contributed by atoms with Crippen molar-refractivity contribution in [2.24, 2.45) is 5.73 Å². The van der Waals surface area contributed by atoms with E-state index in [2.05, 4.69) is 14.7 Å². The molecule has 110 valence electrons. The lowest BCUT2D eigenvalue weighted by Gasteiger charge is -2.08. The minimum Gasteiger partial charge on any atom is -0.349 e.